The van der Waals surface area contributed by atoms with Gasteiger partial charge in [-0.15, -0.1) is 0 Å². The minimum Gasteiger partial charge on any atom is -0.352 e. The summed E-state index contributed by atoms with van der Waals surface area (Å²) >= 11 is 0. The molecule has 5 heteroatoms. The van der Waals surface area contributed by atoms with Crippen LogP contribution >= 0.6 is 0 Å². The first-order valence-electron chi connectivity index (χ1n) is 8.45. The lowest BCUT2D eigenvalue weighted by molar-refractivity contribution is -0.126. The smallest absolute Gasteiger partial charge is 0.239 e. The van der Waals surface area contributed by atoms with E-state index >= 15 is 0 Å². The van der Waals surface area contributed by atoms with E-state index in [4.69, 9.17) is 5.73 Å². The van der Waals surface area contributed by atoms with Gasteiger partial charge in [0.25, 0.3) is 0 Å². The second kappa shape index (κ2) is 8.37. The Bertz CT molecular complexity index is 345. The van der Waals surface area contributed by atoms with Crippen LogP contribution in [0.5, 0.6) is 0 Å². The molecule has 120 valence electrons. The molecule has 0 spiro atoms. The van der Waals surface area contributed by atoms with Gasteiger partial charge in [-0.3, -0.25) is 9.59 Å². The fourth-order valence-corrected chi connectivity index (χ4v) is 3.44. The highest BCUT2D eigenvalue weighted by molar-refractivity contribution is 5.84. The maximum Gasteiger partial charge on any atom is 0.239 e. The van der Waals surface area contributed by atoms with Gasteiger partial charge in [-0.2, -0.15) is 0 Å². The van der Waals surface area contributed by atoms with Crippen LogP contribution in [0.25, 0.3) is 0 Å². The normalized spacial score (nSPS) is 26.5. The van der Waals surface area contributed by atoms with Crippen molar-refractivity contribution in [3.8, 4) is 0 Å². The van der Waals surface area contributed by atoms with Crippen LogP contribution in [0.1, 0.15) is 64.2 Å². The molecule has 2 amide bonds. The molecule has 0 unspecified atom stereocenters. The predicted molar refractivity (Wildman–Crippen MR) is 82.6 cm³/mol. The number of carbonyl (C=O) groups is 2. The molecule has 0 aliphatic heterocycles. The molecule has 0 radical (unpaired) electrons. The van der Waals surface area contributed by atoms with Gasteiger partial charge in [-0.25, -0.2) is 0 Å². The molecule has 2 saturated carbocycles. The summed E-state index contributed by atoms with van der Waals surface area (Å²) in [6, 6.07) is 0.515. The standard InChI is InChI=1S/C16H29N3O2/c17-13-6-8-14(9-7-13)19-16(21)11-18-15(20)10-5-12-3-1-2-4-12/h12-14H,1-11,17H2,(H,18,20)(H,19,21). The number of rotatable bonds is 6. The van der Waals surface area contributed by atoms with E-state index in [-0.39, 0.29) is 30.4 Å². The molecule has 2 aliphatic rings. The van der Waals surface area contributed by atoms with Crippen molar-refractivity contribution in [3.63, 3.8) is 0 Å². The second-order valence-corrected chi connectivity index (χ2v) is 6.65. The topological polar surface area (TPSA) is 84.2 Å². The Morgan fingerprint density at radius 3 is 2.29 bits per heavy atom. The SMILES string of the molecule is NC1CCC(NC(=O)CNC(=O)CCC2CCCC2)CC1. The third-order valence-corrected chi connectivity index (χ3v) is 4.84. The van der Waals surface area contributed by atoms with Crippen molar-refractivity contribution in [3.05, 3.63) is 0 Å². The summed E-state index contributed by atoms with van der Waals surface area (Å²) in [5, 5.41) is 5.71. The summed E-state index contributed by atoms with van der Waals surface area (Å²) in [7, 11) is 0. The van der Waals surface area contributed by atoms with Gasteiger partial charge in [0.2, 0.25) is 11.8 Å². The van der Waals surface area contributed by atoms with Gasteiger partial charge in [0, 0.05) is 18.5 Å². The van der Waals surface area contributed by atoms with Gasteiger partial charge >= 0.3 is 0 Å². The second-order valence-electron chi connectivity index (χ2n) is 6.65. The highest BCUT2D eigenvalue weighted by atomic mass is 16.2. The molecule has 0 aromatic rings. The highest BCUT2D eigenvalue weighted by Crippen LogP contribution is 2.28. The minimum atomic E-state index is -0.0790. The molecule has 2 rings (SSSR count). The lowest BCUT2D eigenvalue weighted by Gasteiger charge is -2.26. The van der Waals surface area contributed by atoms with E-state index < -0.39 is 0 Å². The van der Waals surface area contributed by atoms with Crippen LogP contribution in [0.15, 0.2) is 0 Å². The monoisotopic (exact) mass is 295 g/mol. The zero-order valence-electron chi connectivity index (χ0n) is 12.9. The van der Waals surface area contributed by atoms with Crippen molar-refractivity contribution in [1.29, 1.82) is 0 Å². The molecule has 5 nitrogen and oxygen atoms in total. The Labute approximate surface area is 127 Å². The minimum absolute atomic E-state index is 0.00252. The lowest BCUT2D eigenvalue weighted by Crippen LogP contribution is -2.44. The lowest BCUT2D eigenvalue weighted by atomic mass is 9.92. The van der Waals surface area contributed by atoms with E-state index in [1.807, 2.05) is 0 Å². The average Bonchev–Trinajstić information content (AvgIpc) is 2.99. The molecule has 21 heavy (non-hydrogen) atoms. The summed E-state index contributed by atoms with van der Waals surface area (Å²) in [6.45, 7) is 0.103. The molecule has 0 atom stereocenters. The molecule has 0 heterocycles. The Morgan fingerprint density at radius 1 is 0.952 bits per heavy atom. The van der Waals surface area contributed by atoms with Gasteiger partial charge in [0.05, 0.1) is 6.54 Å². The zero-order valence-corrected chi connectivity index (χ0v) is 12.9. The van der Waals surface area contributed by atoms with Crippen molar-refractivity contribution in [2.75, 3.05) is 6.54 Å². The molecular weight excluding hydrogens is 266 g/mol. The van der Waals surface area contributed by atoms with Gasteiger partial charge in [0.1, 0.15) is 0 Å². The first-order chi connectivity index (χ1) is 10.1. The maximum absolute atomic E-state index is 11.8. The van der Waals surface area contributed by atoms with Gasteiger partial charge in [0.15, 0.2) is 0 Å². The Balaban J connectivity index is 1.54. The van der Waals surface area contributed by atoms with Gasteiger partial charge < -0.3 is 16.4 Å². The number of carbonyl (C=O) groups excluding carboxylic acids is 2. The third-order valence-electron chi connectivity index (χ3n) is 4.84. The number of amides is 2. The molecule has 0 aromatic heterocycles. The summed E-state index contributed by atoms with van der Waals surface area (Å²) in [6.07, 6.45) is 10.5. The van der Waals surface area contributed by atoms with Crippen molar-refractivity contribution in [1.82, 2.24) is 10.6 Å². The van der Waals surface area contributed by atoms with Crippen LogP contribution in [-0.2, 0) is 9.59 Å². The van der Waals surface area contributed by atoms with Crippen molar-refractivity contribution < 1.29 is 9.59 Å². The molecule has 4 N–H and O–H groups in total. The van der Waals surface area contributed by atoms with E-state index in [1.165, 1.54) is 25.7 Å². The summed E-state index contributed by atoms with van der Waals surface area (Å²) in [5.41, 5.74) is 5.84. The molecular formula is C16H29N3O2. The molecule has 2 aliphatic carbocycles. The Morgan fingerprint density at radius 2 is 1.62 bits per heavy atom. The Kier molecular flexibility index (Phi) is 6.49. The van der Waals surface area contributed by atoms with Crippen LogP contribution in [0.4, 0.5) is 0 Å². The van der Waals surface area contributed by atoms with E-state index in [1.54, 1.807) is 0 Å². The summed E-state index contributed by atoms with van der Waals surface area (Å²) < 4.78 is 0. The third kappa shape index (κ3) is 6.04. The van der Waals surface area contributed by atoms with E-state index in [0.717, 1.165) is 38.0 Å². The number of hydrogen-bond acceptors (Lipinski definition) is 3. The van der Waals surface area contributed by atoms with Crippen LogP contribution < -0.4 is 16.4 Å². The van der Waals surface area contributed by atoms with Crippen LogP contribution in [0.3, 0.4) is 0 Å². The summed E-state index contributed by atoms with van der Waals surface area (Å²) in [5.74, 6) is 0.642. The maximum atomic E-state index is 11.8. The fourth-order valence-electron chi connectivity index (χ4n) is 3.44. The van der Waals surface area contributed by atoms with E-state index in [2.05, 4.69) is 10.6 Å². The Hall–Kier alpha value is -1.10. The molecule has 0 saturated heterocycles. The van der Waals surface area contributed by atoms with E-state index in [9.17, 15) is 9.59 Å². The molecule has 2 fully saturated rings. The average molecular weight is 295 g/mol. The van der Waals surface area contributed by atoms with Crippen molar-refractivity contribution in [2.24, 2.45) is 11.7 Å². The van der Waals surface area contributed by atoms with Crippen molar-refractivity contribution >= 4 is 11.8 Å². The quantitative estimate of drug-likeness (QED) is 0.693. The zero-order chi connectivity index (χ0) is 15.1. The number of hydrogen-bond donors (Lipinski definition) is 3. The van der Waals surface area contributed by atoms with Crippen LogP contribution in [0.2, 0.25) is 0 Å². The van der Waals surface area contributed by atoms with Crippen LogP contribution in [-0.4, -0.2) is 30.4 Å². The predicted octanol–water partition coefficient (Wildman–Crippen LogP) is 1.46. The van der Waals surface area contributed by atoms with Crippen molar-refractivity contribution in [2.45, 2.75) is 76.3 Å². The highest BCUT2D eigenvalue weighted by Gasteiger charge is 2.20. The number of nitrogens with one attached hydrogen (secondary N) is 2. The first kappa shape index (κ1) is 16.3. The van der Waals surface area contributed by atoms with Crippen LogP contribution in [0, 0.1) is 5.92 Å². The number of nitrogens with two attached hydrogens (primary N) is 1. The first-order valence-corrected chi connectivity index (χ1v) is 8.45. The van der Waals surface area contributed by atoms with Gasteiger partial charge in [-0.1, -0.05) is 25.7 Å². The fraction of sp³-hybridized carbons (Fsp3) is 0.875. The summed E-state index contributed by atoms with van der Waals surface area (Å²) in [4.78, 5) is 23.5. The van der Waals surface area contributed by atoms with Gasteiger partial charge in [-0.05, 0) is 38.0 Å². The molecule has 0 bridgehead atoms. The largest absolute Gasteiger partial charge is 0.352 e. The van der Waals surface area contributed by atoms with E-state index in [0.29, 0.717) is 6.42 Å². The molecule has 0 aromatic carbocycles.